The van der Waals surface area contributed by atoms with Crippen LogP contribution in [0.2, 0.25) is 36.3 Å². The third-order valence-corrected chi connectivity index (χ3v) is 18.0. The third-order valence-electron chi connectivity index (χ3n) is 9.00. The van der Waals surface area contributed by atoms with Crippen molar-refractivity contribution in [2.45, 2.75) is 121 Å². The molecule has 3 amide bonds. The van der Waals surface area contributed by atoms with Gasteiger partial charge in [0.15, 0.2) is 22.2 Å². The Bertz CT molecular complexity index is 1020. The standard InChI is InChI=1S/C28H48N2O6Si2/c1-26(2,3)37(8,9)34-18-21-20(36-38(10,11)27(4,5)6)17-22(35-21)30-23(19-15-13-12-14-16-19)28(7,33)24(31)29-25(30)32/h12-16,20-23,33H,17-18H2,1-11H3,(H,29,31,32)/t20-,21+,22+,23+,28-/m0/s1. The van der Waals surface area contributed by atoms with Crippen LogP contribution in [0.3, 0.4) is 0 Å². The molecule has 10 heteroatoms. The van der Waals surface area contributed by atoms with Gasteiger partial charge in [-0.15, -0.1) is 0 Å². The minimum absolute atomic E-state index is 0.0128. The van der Waals surface area contributed by atoms with E-state index in [1.54, 1.807) is 0 Å². The zero-order valence-corrected chi connectivity index (χ0v) is 27.0. The quantitative estimate of drug-likeness (QED) is 0.421. The summed E-state index contributed by atoms with van der Waals surface area (Å²) in [6.45, 7) is 23.8. The molecule has 2 saturated heterocycles. The molecule has 2 N–H and O–H groups in total. The smallest absolute Gasteiger partial charge is 0.326 e. The maximum absolute atomic E-state index is 13.3. The number of nitrogens with one attached hydrogen (secondary N) is 1. The first-order valence-corrected chi connectivity index (χ1v) is 19.4. The second-order valence-corrected chi connectivity index (χ2v) is 23.5. The van der Waals surface area contributed by atoms with Gasteiger partial charge < -0.3 is 18.7 Å². The monoisotopic (exact) mass is 564 g/mol. The van der Waals surface area contributed by atoms with E-state index in [1.807, 2.05) is 30.3 Å². The van der Waals surface area contributed by atoms with Gasteiger partial charge in [0.05, 0.1) is 18.8 Å². The summed E-state index contributed by atoms with van der Waals surface area (Å²) in [5.41, 5.74) is -1.18. The van der Waals surface area contributed by atoms with Crippen LogP contribution < -0.4 is 5.32 Å². The number of nitrogens with zero attached hydrogens (tertiary/aromatic N) is 1. The van der Waals surface area contributed by atoms with E-state index in [9.17, 15) is 14.7 Å². The maximum Gasteiger partial charge on any atom is 0.326 e. The van der Waals surface area contributed by atoms with Crippen LogP contribution in [0.5, 0.6) is 0 Å². The average molecular weight is 565 g/mol. The van der Waals surface area contributed by atoms with Gasteiger partial charge in [0.25, 0.3) is 5.91 Å². The lowest BCUT2D eigenvalue weighted by molar-refractivity contribution is -0.158. The number of carbonyl (C=O) groups is 2. The molecule has 1 aromatic rings. The van der Waals surface area contributed by atoms with Crippen molar-refractivity contribution in [1.29, 1.82) is 0 Å². The second kappa shape index (κ2) is 10.4. The Hall–Kier alpha value is -1.57. The lowest BCUT2D eigenvalue weighted by Crippen LogP contribution is -2.66. The van der Waals surface area contributed by atoms with Crippen molar-refractivity contribution in [2.24, 2.45) is 0 Å². The van der Waals surface area contributed by atoms with Crippen LogP contribution in [-0.4, -0.2) is 69.2 Å². The number of aliphatic hydroxyl groups is 1. The fourth-order valence-corrected chi connectivity index (χ4v) is 6.80. The number of benzene rings is 1. The maximum atomic E-state index is 13.3. The summed E-state index contributed by atoms with van der Waals surface area (Å²) in [6, 6.07) is 7.64. The van der Waals surface area contributed by atoms with Gasteiger partial charge in [-0.05, 0) is 48.8 Å². The predicted octanol–water partition coefficient (Wildman–Crippen LogP) is 5.56. The molecule has 0 bridgehead atoms. The highest BCUT2D eigenvalue weighted by Crippen LogP contribution is 2.44. The summed E-state index contributed by atoms with van der Waals surface area (Å²) in [7, 11) is -4.26. The number of rotatable bonds is 7. The molecule has 0 aromatic heterocycles. The predicted molar refractivity (Wildman–Crippen MR) is 154 cm³/mol. The van der Waals surface area contributed by atoms with E-state index in [0.29, 0.717) is 18.6 Å². The first-order valence-electron chi connectivity index (χ1n) is 13.6. The summed E-state index contributed by atoms with van der Waals surface area (Å²) in [4.78, 5) is 27.5. The number of carbonyl (C=O) groups excluding carboxylic acids is 2. The highest BCUT2D eigenvalue weighted by atomic mass is 28.4. The Morgan fingerprint density at radius 2 is 1.58 bits per heavy atom. The molecule has 8 nitrogen and oxygen atoms in total. The summed E-state index contributed by atoms with van der Waals surface area (Å²) in [5.74, 6) is -0.725. The van der Waals surface area contributed by atoms with Gasteiger partial charge >= 0.3 is 6.03 Å². The number of ether oxygens (including phenoxy) is 1. The second-order valence-electron chi connectivity index (χ2n) is 14.0. The number of urea groups is 1. The topological polar surface area (TPSA) is 97.3 Å². The number of imide groups is 1. The number of amides is 3. The molecule has 5 atom stereocenters. The van der Waals surface area contributed by atoms with Crippen LogP contribution in [0.4, 0.5) is 4.79 Å². The van der Waals surface area contributed by atoms with E-state index in [-0.39, 0.29) is 16.2 Å². The van der Waals surface area contributed by atoms with Crippen molar-refractivity contribution < 1.29 is 28.3 Å². The molecule has 0 aliphatic carbocycles. The van der Waals surface area contributed by atoms with Crippen LogP contribution in [0, 0.1) is 0 Å². The normalized spacial score (nSPS) is 29.5. The van der Waals surface area contributed by atoms with Crippen LogP contribution in [-0.2, 0) is 18.4 Å². The largest absolute Gasteiger partial charge is 0.414 e. The molecule has 0 saturated carbocycles. The molecule has 214 valence electrons. The number of hydrogen-bond donors (Lipinski definition) is 2. The van der Waals surface area contributed by atoms with Crippen LogP contribution in [0.1, 0.15) is 66.5 Å². The highest BCUT2D eigenvalue weighted by molar-refractivity contribution is 6.74. The fraction of sp³-hybridized carbons (Fsp3) is 0.714. The van der Waals surface area contributed by atoms with Gasteiger partial charge in [-0.3, -0.25) is 15.0 Å². The first-order chi connectivity index (χ1) is 17.2. The van der Waals surface area contributed by atoms with Crippen LogP contribution >= 0.6 is 0 Å². The highest BCUT2D eigenvalue weighted by Gasteiger charge is 2.56. The molecule has 2 heterocycles. The average Bonchev–Trinajstić information content (AvgIpc) is 3.15. The van der Waals surface area contributed by atoms with E-state index >= 15 is 0 Å². The van der Waals surface area contributed by atoms with E-state index in [1.165, 1.54) is 11.8 Å². The van der Waals surface area contributed by atoms with Crippen molar-refractivity contribution in [2.75, 3.05) is 6.61 Å². The zero-order chi connectivity index (χ0) is 28.9. The molecule has 2 aliphatic heterocycles. The Kier molecular flexibility index (Phi) is 8.51. The SMILES string of the molecule is CC(C)(C)[Si](C)(C)OC[C@H]1O[C@@H](N2C(=O)NC(=O)[C@@](C)(O)[C@H]2c2ccccc2)C[C@@H]1O[Si](C)(C)C(C)(C)C. The van der Waals surface area contributed by atoms with E-state index in [4.69, 9.17) is 13.6 Å². The minimum atomic E-state index is -2.19. The lowest BCUT2D eigenvalue weighted by atomic mass is 9.86. The Labute approximate surface area is 230 Å². The molecule has 38 heavy (non-hydrogen) atoms. The van der Waals surface area contributed by atoms with Crippen LogP contribution in [0.25, 0.3) is 0 Å². The van der Waals surface area contributed by atoms with E-state index in [2.05, 4.69) is 73.0 Å². The Balaban J connectivity index is 1.97. The summed E-state index contributed by atoms with van der Waals surface area (Å²) >= 11 is 0. The van der Waals surface area contributed by atoms with Crippen molar-refractivity contribution in [3.8, 4) is 0 Å². The molecule has 0 unspecified atom stereocenters. The molecule has 2 aliphatic rings. The van der Waals surface area contributed by atoms with Gasteiger partial charge in [0, 0.05) is 6.42 Å². The molecular weight excluding hydrogens is 516 g/mol. The Morgan fingerprint density at radius 3 is 2.11 bits per heavy atom. The summed E-state index contributed by atoms with van der Waals surface area (Å²) in [6.07, 6.45) is -0.978. The van der Waals surface area contributed by atoms with Gasteiger partial charge in [0.1, 0.15) is 12.3 Å². The van der Waals surface area contributed by atoms with Crippen molar-refractivity contribution in [3.63, 3.8) is 0 Å². The summed E-state index contributed by atoms with van der Waals surface area (Å²) in [5, 5.41) is 13.7. The van der Waals surface area contributed by atoms with E-state index in [0.717, 1.165) is 0 Å². The van der Waals surface area contributed by atoms with Gasteiger partial charge in [-0.25, -0.2) is 4.79 Å². The van der Waals surface area contributed by atoms with Gasteiger partial charge in [0.2, 0.25) is 0 Å². The van der Waals surface area contributed by atoms with Crippen LogP contribution in [0.15, 0.2) is 30.3 Å². The minimum Gasteiger partial charge on any atom is -0.414 e. The molecule has 1 aromatic carbocycles. The molecule has 0 radical (unpaired) electrons. The lowest BCUT2D eigenvalue weighted by Gasteiger charge is -2.46. The molecule has 3 rings (SSSR count). The molecular formula is C28H48N2O6Si2. The zero-order valence-electron chi connectivity index (χ0n) is 25.0. The van der Waals surface area contributed by atoms with Crippen molar-refractivity contribution in [1.82, 2.24) is 10.2 Å². The summed E-state index contributed by atoms with van der Waals surface area (Å²) < 4.78 is 20.0. The molecule has 2 fully saturated rings. The molecule has 0 spiro atoms. The van der Waals surface area contributed by atoms with Crippen molar-refractivity contribution in [3.05, 3.63) is 35.9 Å². The van der Waals surface area contributed by atoms with Gasteiger partial charge in [-0.1, -0.05) is 71.9 Å². The van der Waals surface area contributed by atoms with Gasteiger partial charge in [-0.2, -0.15) is 0 Å². The van der Waals surface area contributed by atoms with Crippen molar-refractivity contribution >= 4 is 28.6 Å². The fourth-order valence-electron chi connectivity index (χ4n) is 4.43. The first kappa shape index (κ1) is 31.0. The number of hydrogen-bond acceptors (Lipinski definition) is 6. The van der Waals surface area contributed by atoms with E-state index < -0.39 is 52.5 Å². The third kappa shape index (κ3) is 6.10. The Morgan fingerprint density at radius 1 is 1.03 bits per heavy atom.